The molecule has 1 atom stereocenters. The first-order chi connectivity index (χ1) is 15.9. The lowest BCUT2D eigenvalue weighted by atomic mass is 9.94. The predicted molar refractivity (Wildman–Crippen MR) is 134 cm³/mol. The Hall–Kier alpha value is -3.26. The number of hydrogen-bond donors (Lipinski definition) is 2. The van der Waals surface area contributed by atoms with Crippen molar-refractivity contribution < 1.29 is 14.3 Å². The van der Waals surface area contributed by atoms with Crippen LogP contribution < -0.4 is 10.6 Å². The van der Waals surface area contributed by atoms with Crippen LogP contribution in [0.1, 0.15) is 36.1 Å². The smallest absolute Gasteiger partial charge is 0.338 e. The van der Waals surface area contributed by atoms with Gasteiger partial charge in [-0.05, 0) is 56.0 Å². The van der Waals surface area contributed by atoms with Gasteiger partial charge in [-0.25, -0.2) is 14.6 Å². The number of anilines is 2. The summed E-state index contributed by atoms with van der Waals surface area (Å²) in [7, 11) is 1.39. The first-order valence-electron chi connectivity index (χ1n) is 10.9. The van der Waals surface area contributed by atoms with Crippen molar-refractivity contribution in [1.29, 1.82) is 0 Å². The number of methoxy groups -OCH3 is 1. The van der Waals surface area contributed by atoms with Crippen LogP contribution in [-0.4, -0.2) is 41.5 Å². The third kappa shape index (κ3) is 4.75. The summed E-state index contributed by atoms with van der Waals surface area (Å²) in [6, 6.07) is 12.9. The van der Waals surface area contributed by atoms with Gasteiger partial charge in [0, 0.05) is 23.7 Å². The fraction of sp³-hybridized carbons (Fsp3) is 0.320. The molecule has 1 fully saturated rings. The number of rotatable bonds is 4. The van der Waals surface area contributed by atoms with E-state index in [0.717, 1.165) is 46.3 Å². The maximum atomic E-state index is 12.6. The number of hydrogen-bond acceptors (Lipinski definition) is 6. The molecule has 2 aromatic carbocycles. The molecule has 33 heavy (non-hydrogen) atoms. The van der Waals surface area contributed by atoms with Crippen LogP contribution in [-0.2, 0) is 9.53 Å². The van der Waals surface area contributed by atoms with E-state index in [1.54, 1.807) is 11.8 Å². The van der Waals surface area contributed by atoms with E-state index in [4.69, 9.17) is 4.74 Å². The highest BCUT2D eigenvalue weighted by Crippen LogP contribution is 2.40. The van der Waals surface area contributed by atoms with Crippen molar-refractivity contribution in [2.45, 2.75) is 33.2 Å². The van der Waals surface area contributed by atoms with Crippen LogP contribution >= 0.6 is 11.8 Å². The van der Waals surface area contributed by atoms with E-state index < -0.39 is 0 Å². The summed E-state index contributed by atoms with van der Waals surface area (Å²) in [5.74, 6) is 0.646. The van der Waals surface area contributed by atoms with Gasteiger partial charge in [-0.2, -0.15) is 0 Å². The van der Waals surface area contributed by atoms with Gasteiger partial charge < -0.3 is 20.3 Å². The van der Waals surface area contributed by atoms with Crippen molar-refractivity contribution in [1.82, 2.24) is 4.90 Å². The molecule has 0 saturated carbocycles. The molecule has 2 aromatic rings. The van der Waals surface area contributed by atoms with Crippen LogP contribution in [0, 0.1) is 13.8 Å². The predicted octanol–water partition coefficient (Wildman–Crippen LogP) is 5.24. The van der Waals surface area contributed by atoms with E-state index in [9.17, 15) is 9.59 Å². The highest BCUT2D eigenvalue weighted by molar-refractivity contribution is 8.13. The van der Waals surface area contributed by atoms with Gasteiger partial charge in [0.2, 0.25) is 0 Å². The minimum atomic E-state index is -0.369. The highest BCUT2D eigenvalue weighted by Gasteiger charge is 2.37. The maximum Gasteiger partial charge on any atom is 0.338 e. The Morgan fingerprint density at radius 1 is 1.06 bits per heavy atom. The number of carbonyl (C=O) groups excluding carboxylic acids is 2. The van der Waals surface area contributed by atoms with Crippen LogP contribution in [0.2, 0.25) is 0 Å². The van der Waals surface area contributed by atoms with E-state index in [0.29, 0.717) is 17.0 Å². The molecule has 0 aliphatic carbocycles. The van der Waals surface area contributed by atoms with Crippen molar-refractivity contribution in [3.8, 4) is 0 Å². The summed E-state index contributed by atoms with van der Waals surface area (Å²) in [4.78, 5) is 32.0. The van der Waals surface area contributed by atoms with Crippen LogP contribution in [0.5, 0.6) is 0 Å². The zero-order chi connectivity index (χ0) is 23.5. The minimum Gasteiger partial charge on any atom is -0.466 e. The molecule has 2 heterocycles. The molecular formula is C25H28N4O3S. The number of amides is 2. The average Bonchev–Trinajstić information content (AvgIpc) is 2.81. The number of fused-ring (bicyclic) bond motifs is 1. The Bertz CT molecular complexity index is 1120. The zero-order valence-corrected chi connectivity index (χ0v) is 20.1. The molecule has 2 N–H and O–H groups in total. The van der Waals surface area contributed by atoms with Crippen LogP contribution in [0.15, 0.2) is 58.7 Å². The van der Waals surface area contributed by atoms with Crippen molar-refractivity contribution in [2.24, 2.45) is 4.99 Å². The number of para-hydroxylation sites is 1. The van der Waals surface area contributed by atoms with Gasteiger partial charge in [-0.15, -0.1) is 0 Å². The minimum absolute atomic E-state index is 0.268. The van der Waals surface area contributed by atoms with E-state index in [2.05, 4.69) is 20.5 Å². The number of aryl methyl sites for hydroxylation is 2. The molecule has 2 aliphatic heterocycles. The normalized spacial score (nSPS) is 17.8. The Balaban J connectivity index is 1.55. The highest BCUT2D eigenvalue weighted by atomic mass is 32.2. The molecule has 0 radical (unpaired) electrons. The summed E-state index contributed by atoms with van der Waals surface area (Å²) >= 11 is 1.71. The molecule has 0 aromatic heterocycles. The molecule has 1 saturated heterocycles. The Kier molecular flexibility index (Phi) is 6.74. The summed E-state index contributed by atoms with van der Waals surface area (Å²) in [5, 5.41) is 6.76. The fourth-order valence-electron chi connectivity index (χ4n) is 4.22. The van der Waals surface area contributed by atoms with E-state index in [1.807, 2.05) is 63.2 Å². The first kappa shape index (κ1) is 22.9. The first-order valence-corrected chi connectivity index (χ1v) is 11.9. The van der Waals surface area contributed by atoms with Gasteiger partial charge >= 0.3 is 12.0 Å². The molecule has 172 valence electrons. The molecule has 0 bridgehead atoms. The van der Waals surface area contributed by atoms with Gasteiger partial charge in [0.25, 0.3) is 0 Å². The topological polar surface area (TPSA) is 83.0 Å². The van der Waals surface area contributed by atoms with Gasteiger partial charge in [0.15, 0.2) is 5.17 Å². The zero-order valence-electron chi connectivity index (χ0n) is 19.3. The number of nitrogens with one attached hydrogen (secondary N) is 2. The second-order valence-electron chi connectivity index (χ2n) is 8.15. The second kappa shape index (κ2) is 9.70. The lowest BCUT2D eigenvalue weighted by Crippen LogP contribution is -2.42. The Labute approximate surface area is 198 Å². The molecule has 0 spiro atoms. The van der Waals surface area contributed by atoms with Crippen LogP contribution in [0.3, 0.4) is 0 Å². The van der Waals surface area contributed by atoms with Crippen molar-refractivity contribution in [3.05, 3.63) is 70.4 Å². The molecule has 2 aliphatic rings. The van der Waals surface area contributed by atoms with Crippen molar-refractivity contribution >= 4 is 40.3 Å². The second-order valence-corrected chi connectivity index (χ2v) is 9.21. The van der Waals surface area contributed by atoms with Gasteiger partial charge in [0.05, 0.1) is 24.4 Å². The Morgan fingerprint density at radius 3 is 2.42 bits per heavy atom. The summed E-state index contributed by atoms with van der Waals surface area (Å²) in [6.45, 7) is 6.61. The number of esters is 1. The summed E-state index contributed by atoms with van der Waals surface area (Å²) in [5.41, 5.74) is 5.68. The van der Waals surface area contributed by atoms with E-state index >= 15 is 0 Å². The number of amidine groups is 1. The van der Waals surface area contributed by atoms with Crippen LogP contribution in [0.25, 0.3) is 0 Å². The standard InChI is InChI=1S/C25H28N4O3S/c1-15-7-5-8-16(2)21(15)28-24(31)27-19-11-9-18(10-12-19)22-20(23(30)32-4)17(3)26-25-29(22)13-6-14-33-25/h5,7-12,22H,6,13-14H2,1-4H3,(H2,27,28,31). The lowest BCUT2D eigenvalue weighted by Gasteiger charge is -2.40. The number of benzene rings is 2. The summed E-state index contributed by atoms with van der Waals surface area (Å²) < 4.78 is 5.08. The number of carbonyl (C=O) groups is 2. The fourth-order valence-corrected chi connectivity index (χ4v) is 5.24. The van der Waals surface area contributed by atoms with Crippen LogP contribution in [0.4, 0.5) is 16.2 Å². The number of ether oxygens (including phenoxy) is 1. The number of nitrogens with zero attached hydrogens (tertiary/aromatic N) is 2. The number of urea groups is 1. The van der Waals surface area contributed by atoms with Gasteiger partial charge in [-0.3, -0.25) is 0 Å². The maximum absolute atomic E-state index is 12.6. The van der Waals surface area contributed by atoms with Crippen molar-refractivity contribution in [2.75, 3.05) is 30.0 Å². The lowest BCUT2D eigenvalue weighted by molar-refractivity contribution is -0.136. The summed E-state index contributed by atoms with van der Waals surface area (Å²) in [6.07, 6.45) is 1.02. The third-order valence-electron chi connectivity index (χ3n) is 5.87. The largest absolute Gasteiger partial charge is 0.466 e. The molecular weight excluding hydrogens is 436 g/mol. The average molecular weight is 465 g/mol. The quantitative estimate of drug-likeness (QED) is 0.605. The van der Waals surface area contributed by atoms with E-state index in [1.165, 1.54) is 7.11 Å². The monoisotopic (exact) mass is 464 g/mol. The van der Waals surface area contributed by atoms with Gasteiger partial charge in [-0.1, -0.05) is 42.1 Å². The molecule has 8 heteroatoms. The number of aliphatic imine (C=N–C) groups is 1. The molecule has 7 nitrogen and oxygen atoms in total. The van der Waals surface area contributed by atoms with Gasteiger partial charge in [0.1, 0.15) is 0 Å². The molecule has 4 rings (SSSR count). The molecule has 1 unspecified atom stereocenters. The van der Waals surface area contributed by atoms with E-state index in [-0.39, 0.29) is 18.0 Å². The number of thioether (sulfide) groups is 1. The number of allylic oxidation sites excluding steroid dienone is 1. The third-order valence-corrected chi connectivity index (χ3v) is 6.94. The Morgan fingerprint density at radius 2 is 1.76 bits per heavy atom. The SMILES string of the molecule is COC(=O)C1=C(C)N=C2SCCCN2C1c1ccc(NC(=O)Nc2c(C)cccc2C)cc1. The van der Waals surface area contributed by atoms with Crippen molar-refractivity contribution in [3.63, 3.8) is 0 Å². The molecule has 2 amide bonds.